The zero-order chi connectivity index (χ0) is 26.2. The molecule has 0 aromatic heterocycles. The van der Waals surface area contributed by atoms with E-state index in [1.165, 1.54) is 0 Å². The molecule has 0 aliphatic carbocycles. The number of carbonyl (C=O) groups is 3. The molecule has 2 saturated heterocycles. The van der Waals surface area contributed by atoms with Crippen molar-refractivity contribution < 1.29 is 19.1 Å². The van der Waals surface area contributed by atoms with Gasteiger partial charge in [-0.2, -0.15) is 0 Å². The van der Waals surface area contributed by atoms with Crippen molar-refractivity contribution >= 4 is 40.6 Å². The Labute approximate surface area is 225 Å². The van der Waals surface area contributed by atoms with E-state index in [0.29, 0.717) is 58.4 Å². The number of rotatable bonds is 4. The minimum atomic E-state index is -1.51. The molecule has 8 heteroatoms. The summed E-state index contributed by atoms with van der Waals surface area (Å²) in [5.74, 6) is -1.19. The highest BCUT2D eigenvalue weighted by Gasteiger charge is 2.81. The maximum Gasteiger partial charge on any atom is 0.251 e. The number of nitrogens with zero attached hydrogens (tertiary/aromatic N) is 1. The van der Waals surface area contributed by atoms with Gasteiger partial charge < -0.3 is 15.4 Å². The van der Waals surface area contributed by atoms with Crippen LogP contribution >= 0.6 is 11.6 Å². The largest absolute Gasteiger partial charge is 0.493 e. The Morgan fingerprint density at radius 1 is 1.00 bits per heavy atom. The van der Waals surface area contributed by atoms with Crippen molar-refractivity contribution in [2.24, 2.45) is 5.92 Å². The summed E-state index contributed by atoms with van der Waals surface area (Å²) in [4.78, 5) is 45.8. The molecule has 4 atom stereocenters. The Kier molecular flexibility index (Phi) is 5.03. The summed E-state index contributed by atoms with van der Waals surface area (Å²) in [5.41, 5.74) is 0.0137. The predicted octanol–water partition coefficient (Wildman–Crippen LogP) is 4.75. The van der Waals surface area contributed by atoms with Crippen molar-refractivity contribution in [2.75, 3.05) is 23.8 Å². The van der Waals surface area contributed by atoms with Gasteiger partial charge in [0.15, 0.2) is 5.78 Å². The molecule has 0 saturated carbocycles. The second-order valence-electron chi connectivity index (χ2n) is 10.3. The predicted molar refractivity (Wildman–Crippen MR) is 144 cm³/mol. The number of carbonyl (C=O) groups excluding carboxylic acids is 3. The lowest BCUT2D eigenvalue weighted by Gasteiger charge is -2.43. The lowest BCUT2D eigenvalue weighted by molar-refractivity contribution is -0.137. The molecule has 4 aliphatic heterocycles. The first-order chi connectivity index (χ1) is 18.5. The molecule has 7 rings (SSSR count). The first-order valence-corrected chi connectivity index (χ1v) is 13.4. The molecule has 0 radical (unpaired) electrons. The number of anilines is 2. The topological polar surface area (TPSA) is 87.7 Å². The van der Waals surface area contributed by atoms with E-state index in [2.05, 4.69) is 15.5 Å². The summed E-state index contributed by atoms with van der Waals surface area (Å²) in [6.45, 7) is 2.85. The van der Waals surface area contributed by atoms with Crippen LogP contribution in [0.3, 0.4) is 0 Å². The molecule has 3 aromatic carbocycles. The van der Waals surface area contributed by atoms with Crippen LogP contribution in [0.1, 0.15) is 41.3 Å². The van der Waals surface area contributed by atoms with Gasteiger partial charge in [0, 0.05) is 28.0 Å². The Bertz CT molecular complexity index is 1540. The third-order valence-corrected chi connectivity index (χ3v) is 9.03. The minimum absolute atomic E-state index is 0.196. The number of nitrogens with one attached hydrogen (secondary N) is 2. The Balaban J connectivity index is 1.58. The van der Waals surface area contributed by atoms with Gasteiger partial charge in [-0.1, -0.05) is 41.9 Å². The average molecular weight is 528 g/mol. The lowest BCUT2D eigenvalue weighted by atomic mass is 9.57. The highest BCUT2D eigenvalue weighted by Crippen LogP contribution is 2.68. The number of benzene rings is 3. The molecule has 2 amide bonds. The highest BCUT2D eigenvalue weighted by molar-refractivity contribution is 6.31. The van der Waals surface area contributed by atoms with Gasteiger partial charge in [-0.25, -0.2) is 0 Å². The average Bonchev–Trinajstić information content (AvgIpc) is 3.63. The molecule has 4 aliphatic rings. The van der Waals surface area contributed by atoms with E-state index in [0.717, 1.165) is 6.42 Å². The van der Waals surface area contributed by atoms with E-state index in [9.17, 15) is 14.4 Å². The van der Waals surface area contributed by atoms with Crippen molar-refractivity contribution in [3.05, 3.63) is 88.4 Å². The van der Waals surface area contributed by atoms with Crippen LogP contribution < -0.4 is 15.4 Å². The van der Waals surface area contributed by atoms with Crippen LogP contribution in [0.5, 0.6) is 5.75 Å². The van der Waals surface area contributed by atoms with E-state index in [1.54, 1.807) is 36.4 Å². The van der Waals surface area contributed by atoms with E-state index >= 15 is 0 Å². The second kappa shape index (κ2) is 8.16. The molecule has 38 heavy (non-hydrogen) atoms. The summed E-state index contributed by atoms with van der Waals surface area (Å²) in [7, 11) is 0. The van der Waals surface area contributed by atoms with Gasteiger partial charge in [-0.05, 0) is 68.3 Å². The van der Waals surface area contributed by atoms with Crippen LogP contribution in [-0.2, 0) is 20.5 Å². The number of fused-ring (bicyclic) bond motifs is 7. The van der Waals surface area contributed by atoms with Gasteiger partial charge in [-0.3, -0.25) is 19.3 Å². The van der Waals surface area contributed by atoms with E-state index in [4.69, 9.17) is 16.3 Å². The molecule has 4 heterocycles. The number of para-hydroxylation sites is 2. The fraction of sp³-hybridized carbons (Fsp3) is 0.300. The van der Waals surface area contributed by atoms with Crippen molar-refractivity contribution in [1.82, 2.24) is 4.90 Å². The van der Waals surface area contributed by atoms with E-state index < -0.39 is 16.9 Å². The number of Topliss-reactive ketones (excluding diaryl/α,β-unsaturated/α-hetero) is 1. The summed E-state index contributed by atoms with van der Waals surface area (Å²) >= 11 is 6.52. The van der Waals surface area contributed by atoms with E-state index in [1.807, 2.05) is 37.3 Å². The SMILES string of the molecule is CCOc1ccccc1C(=O)[C@H]1[C@H]2CCCN2[C@]2(C(=O)Nc3ccc(Cl)cc32)[C@]12C(=O)Nc1ccccc12. The zero-order valence-electron chi connectivity index (χ0n) is 20.8. The van der Waals surface area contributed by atoms with Gasteiger partial charge in [0.1, 0.15) is 16.7 Å². The van der Waals surface area contributed by atoms with Crippen LogP contribution in [-0.4, -0.2) is 41.7 Å². The minimum Gasteiger partial charge on any atom is -0.493 e. The number of amides is 2. The maximum absolute atomic E-state index is 14.8. The summed E-state index contributed by atoms with van der Waals surface area (Å²) in [6, 6.07) is 19.5. The van der Waals surface area contributed by atoms with Crippen LogP contribution in [0.25, 0.3) is 0 Å². The Hall–Kier alpha value is -3.68. The zero-order valence-corrected chi connectivity index (χ0v) is 21.5. The second-order valence-corrected chi connectivity index (χ2v) is 10.8. The standard InChI is InChI=1S/C30H26ClN3O4/c1-2-38-24-12-6-3-8-18(24)26(35)25-23-11-7-15-34(23)30(20-16-17(31)13-14-22(20)33-28(30)37)29(25)19-9-4-5-10-21(19)32-27(29)36/h3-6,8-10,12-14,16,23,25H,2,7,11,15H2,1H3,(H,32,36)(H,33,37)/t23-,25-,29+,30-/m1/s1. The van der Waals surface area contributed by atoms with Gasteiger partial charge in [0.05, 0.1) is 18.1 Å². The molecule has 3 aromatic rings. The normalized spacial score (nSPS) is 28.8. The molecule has 2 spiro atoms. The molecule has 7 nitrogen and oxygen atoms in total. The number of hydrogen-bond acceptors (Lipinski definition) is 5. The van der Waals surface area contributed by atoms with Crippen LogP contribution in [0, 0.1) is 5.92 Å². The summed E-state index contributed by atoms with van der Waals surface area (Å²) in [6.07, 6.45) is 1.50. The monoisotopic (exact) mass is 527 g/mol. The lowest BCUT2D eigenvalue weighted by Crippen LogP contribution is -2.62. The number of halogens is 1. The number of ketones is 1. The molecular weight excluding hydrogens is 502 g/mol. The first-order valence-electron chi connectivity index (χ1n) is 13.0. The van der Waals surface area contributed by atoms with Crippen LogP contribution in [0.15, 0.2) is 66.7 Å². The third kappa shape index (κ3) is 2.65. The maximum atomic E-state index is 14.8. The van der Waals surface area contributed by atoms with Crippen molar-refractivity contribution in [3.63, 3.8) is 0 Å². The number of hydrogen-bond donors (Lipinski definition) is 2. The van der Waals surface area contributed by atoms with Crippen LogP contribution in [0.2, 0.25) is 5.02 Å². The van der Waals surface area contributed by atoms with Gasteiger partial charge in [-0.15, -0.1) is 0 Å². The van der Waals surface area contributed by atoms with Crippen molar-refractivity contribution in [1.29, 1.82) is 0 Å². The molecule has 0 bridgehead atoms. The van der Waals surface area contributed by atoms with Crippen molar-refractivity contribution in [2.45, 2.75) is 36.8 Å². The Morgan fingerprint density at radius 3 is 2.58 bits per heavy atom. The Morgan fingerprint density at radius 2 is 1.74 bits per heavy atom. The van der Waals surface area contributed by atoms with Gasteiger partial charge >= 0.3 is 0 Å². The fourth-order valence-corrected chi connectivity index (χ4v) is 7.84. The fourth-order valence-electron chi connectivity index (χ4n) is 7.67. The highest BCUT2D eigenvalue weighted by atomic mass is 35.5. The van der Waals surface area contributed by atoms with Gasteiger partial charge in [0.2, 0.25) is 5.91 Å². The molecule has 192 valence electrons. The van der Waals surface area contributed by atoms with Gasteiger partial charge in [0.25, 0.3) is 5.91 Å². The molecule has 0 unspecified atom stereocenters. The van der Waals surface area contributed by atoms with Crippen molar-refractivity contribution in [3.8, 4) is 5.75 Å². The molecule has 2 fully saturated rings. The summed E-state index contributed by atoms with van der Waals surface area (Å²) < 4.78 is 5.85. The summed E-state index contributed by atoms with van der Waals surface area (Å²) in [5, 5.41) is 6.57. The molecule has 2 N–H and O–H groups in total. The quantitative estimate of drug-likeness (QED) is 0.478. The third-order valence-electron chi connectivity index (χ3n) is 8.79. The smallest absolute Gasteiger partial charge is 0.251 e. The van der Waals surface area contributed by atoms with E-state index in [-0.39, 0.29) is 23.6 Å². The number of ether oxygens (including phenoxy) is 1. The molecular formula is C30H26ClN3O4. The van der Waals surface area contributed by atoms with Crippen LogP contribution in [0.4, 0.5) is 11.4 Å². The first kappa shape index (κ1) is 23.4.